The van der Waals surface area contributed by atoms with Crippen molar-refractivity contribution in [2.24, 2.45) is 58.7 Å². The highest BCUT2D eigenvalue weighted by Gasteiger charge is 2.71. The molecule has 0 aromatic rings. The third-order valence-corrected chi connectivity index (χ3v) is 9.37. The van der Waals surface area contributed by atoms with Gasteiger partial charge in [0.05, 0.1) is 5.41 Å². The summed E-state index contributed by atoms with van der Waals surface area (Å²) in [6.07, 6.45) is 5.42. The third kappa shape index (κ3) is 1.93. The lowest BCUT2D eigenvalue weighted by Crippen LogP contribution is -2.47. The van der Waals surface area contributed by atoms with Gasteiger partial charge in [0.1, 0.15) is 11.9 Å². The molecule has 0 aromatic heterocycles. The smallest absolute Gasteiger partial charge is 0.311 e. The topological polar surface area (TPSA) is 43.4 Å². The van der Waals surface area contributed by atoms with Crippen LogP contribution >= 0.6 is 0 Å². The van der Waals surface area contributed by atoms with Crippen molar-refractivity contribution in [2.45, 2.75) is 65.9 Å². The molecule has 0 amide bonds. The first-order valence-electron chi connectivity index (χ1n) is 10.6. The van der Waals surface area contributed by atoms with Crippen molar-refractivity contribution in [1.29, 1.82) is 0 Å². The highest BCUT2D eigenvalue weighted by molar-refractivity contribution is 5.84. The summed E-state index contributed by atoms with van der Waals surface area (Å²) in [4.78, 5) is 25.1. The number of hydrogen-bond donors (Lipinski definition) is 0. The minimum Gasteiger partial charge on any atom is -0.461 e. The molecule has 5 saturated carbocycles. The fraction of sp³-hybridized carbons (Fsp3) is 0.909. The summed E-state index contributed by atoms with van der Waals surface area (Å²) >= 11 is 0. The Morgan fingerprint density at radius 1 is 1.08 bits per heavy atom. The van der Waals surface area contributed by atoms with Gasteiger partial charge in [-0.05, 0) is 86.9 Å². The molecule has 0 radical (unpaired) electrons. The van der Waals surface area contributed by atoms with E-state index in [0.717, 1.165) is 37.0 Å². The highest BCUT2D eigenvalue weighted by atomic mass is 16.5. The molecular weight excluding hydrogens is 312 g/mol. The second-order valence-electron chi connectivity index (χ2n) is 10.4. The van der Waals surface area contributed by atoms with Crippen molar-refractivity contribution in [3.05, 3.63) is 0 Å². The number of carbonyl (C=O) groups excluding carboxylic acids is 2. The van der Waals surface area contributed by atoms with Gasteiger partial charge in [0.25, 0.3) is 0 Å². The number of esters is 1. The van der Waals surface area contributed by atoms with E-state index in [4.69, 9.17) is 4.74 Å². The first-order chi connectivity index (χ1) is 11.8. The van der Waals surface area contributed by atoms with Gasteiger partial charge in [-0.2, -0.15) is 0 Å². The quantitative estimate of drug-likeness (QED) is 0.572. The Balaban J connectivity index is 1.40. The maximum absolute atomic E-state index is 12.7. The highest BCUT2D eigenvalue weighted by Crippen LogP contribution is 2.73. The summed E-state index contributed by atoms with van der Waals surface area (Å²) in [6, 6.07) is 0. The molecule has 10 atom stereocenters. The van der Waals surface area contributed by atoms with Gasteiger partial charge >= 0.3 is 5.97 Å². The van der Waals surface area contributed by atoms with E-state index in [0.29, 0.717) is 41.3 Å². The van der Waals surface area contributed by atoms with E-state index in [1.54, 1.807) is 0 Å². The molecule has 3 heteroatoms. The van der Waals surface area contributed by atoms with E-state index in [1.165, 1.54) is 12.8 Å². The predicted molar refractivity (Wildman–Crippen MR) is 94.5 cm³/mol. The lowest BCUT2D eigenvalue weighted by Gasteiger charge is -2.45. The number of ether oxygens (including phenoxy) is 1. The molecule has 0 saturated heterocycles. The molecule has 0 heterocycles. The van der Waals surface area contributed by atoms with Crippen molar-refractivity contribution >= 4 is 11.8 Å². The molecule has 25 heavy (non-hydrogen) atoms. The van der Waals surface area contributed by atoms with Crippen LogP contribution in [0.1, 0.15) is 59.8 Å². The molecule has 5 aliphatic carbocycles. The maximum Gasteiger partial charge on any atom is 0.311 e. The molecule has 0 N–H and O–H groups in total. The van der Waals surface area contributed by atoms with Crippen LogP contribution in [-0.4, -0.2) is 17.9 Å². The van der Waals surface area contributed by atoms with Gasteiger partial charge in [-0.15, -0.1) is 0 Å². The minimum absolute atomic E-state index is 0.0195. The van der Waals surface area contributed by atoms with Gasteiger partial charge in [0.2, 0.25) is 0 Å². The molecular formula is C22H32O3. The van der Waals surface area contributed by atoms with E-state index in [9.17, 15) is 9.59 Å². The average molecular weight is 344 g/mol. The molecule has 0 aliphatic heterocycles. The zero-order valence-electron chi connectivity index (χ0n) is 16.0. The molecule has 4 bridgehead atoms. The molecule has 10 unspecified atom stereocenters. The Hall–Kier alpha value is -0.860. The predicted octanol–water partition coefficient (Wildman–Crippen LogP) is 4.10. The SMILES string of the molecule is CCC(C)(C)C(=O)OC1C(C)C2CC1C1C3CC(C4CCC(=O)C43)C21. The van der Waals surface area contributed by atoms with Crippen LogP contribution in [0.4, 0.5) is 0 Å². The second kappa shape index (κ2) is 5.10. The molecule has 5 rings (SSSR count). The van der Waals surface area contributed by atoms with Gasteiger partial charge in [-0.25, -0.2) is 0 Å². The van der Waals surface area contributed by atoms with Crippen molar-refractivity contribution in [1.82, 2.24) is 0 Å². The molecule has 5 aliphatic rings. The summed E-state index contributed by atoms with van der Waals surface area (Å²) in [5, 5.41) is 0. The Morgan fingerprint density at radius 3 is 2.48 bits per heavy atom. The van der Waals surface area contributed by atoms with Crippen LogP contribution in [0.5, 0.6) is 0 Å². The zero-order valence-corrected chi connectivity index (χ0v) is 16.0. The summed E-state index contributed by atoms with van der Waals surface area (Å²) in [5.41, 5.74) is -0.387. The Morgan fingerprint density at radius 2 is 1.76 bits per heavy atom. The lowest BCUT2D eigenvalue weighted by molar-refractivity contribution is -0.169. The summed E-state index contributed by atoms with van der Waals surface area (Å²) in [7, 11) is 0. The van der Waals surface area contributed by atoms with Crippen LogP contribution in [-0.2, 0) is 14.3 Å². The number of hydrogen-bond acceptors (Lipinski definition) is 3. The number of ketones is 1. The van der Waals surface area contributed by atoms with Crippen molar-refractivity contribution < 1.29 is 14.3 Å². The van der Waals surface area contributed by atoms with Crippen LogP contribution in [0.15, 0.2) is 0 Å². The monoisotopic (exact) mass is 344 g/mol. The number of Topliss-reactive ketones (excluding diaryl/α,β-unsaturated/α-hetero) is 1. The molecule has 3 nitrogen and oxygen atoms in total. The summed E-state index contributed by atoms with van der Waals surface area (Å²) in [5.74, 6) is 6.23. The molecule has 0 aromatic carbocycles. The van der Waals surface area contributed by atoms with Crippen LogP contribution in [0.25, 0.3) is 0 Å². The van der Waals surface area contributed by atoms with E-state index in [2.05, 4.69) is 13.8 Å². The molecule has 0 spiro atoms. The number of rotatable bonds is 3. The van der Waals surface area contributed by atoms with Crippen LogP contribution in [0, 0.1) is 58.7 Å². The van der Waals surface area contributed by atoms with E-state index in [-0.39, 0.29) is 17.5 Å². The Labute approximate surface area is 151 Å². The van der Waals surface area contributed by atoms with Gasteiger partial charge in [-0.3, -0.25) is 9.59 Å². The fourth-order valence-corrected chi connectivity index (χ4v) is 7.98. The average Bonchev–Trinajstić information content (AvgIpc) is 3.33. The standard InChI is InChI=1S/C22H32O3/c1-5-22(3,4)21(24)25-20-10(2)12-8-15(20)19-14-9-13(18(12)19)11-6-7-16(23)17(11)14/h10-15,17-20H,5-9H2,1-4H3. The Kier molecular flexibility index (Phi) is 3.33. The van der Waals surface area contributed by atoms with Crippen molar-refractivity contribution in [2.75, 3.05) is 0 Å². The number of fused-ring (bicyclic) bond motifs is 12. The van der Waals surface area contributed by atoms with Crippen molar-refractivity contribution in [3.8, 4) is 0 Å². The van der Waals surface area contributed by atoms with E-state index in [1.807, 2.05) is 13.8 Å². The van der Waals surface area contributed by atoms with Crippen LogP contribution < -0.4 is 0 Å². The number of carbonyl (C=O) groups is 2. The minimum atomic E-state index is -0.387. The largest absolute Gasteiger partial charge is 0.461 e. The normalized spacial score (nSPS) is 52.6. The Bertz CT molecular complexity index is 623. The van der Waals surface area contributed by atoms with Gasteiger partial charge in [0, 0.05) is 12.3 Å². The van der Waals surface area contributed by atoms with Crippen molar-refractivity contribution in [3.63, 3.8) is 0 Å². The fourth-order valence-electron chi connectivity index (χ4n) is 7.98. The molecule has 5 fully saturated rings. The molecule has 138 valence electrons. The first kappa shape index (κ1) is 16.3. The maximum atomic E-state index is 12.7. The second-order valence-corrected chi connectivity index (χ2v) is 10.4. The van der Waals surface area contributed by atoms with Crippen LogP contribution in [0.3, 0.4) is 0 Å². The van der Waals surface area contributed by atoms with Gasteiger partial charge in [-0.1, -0.05) is 13.8 Å². The van der Waals surface area contributed by atoms with Gasteiger partial charge in [0.15, 0.2) is 0 Å². The first-order valence-corrected chi connectivity index (χ1v) is 10.6. The van der Waals surface area contributed by atoms with E-state index < -0.39 is 0 Å². The summed E-state index contributed by atoms with van der Waals surface area (Å²) in [6.45, 7) is 8.37. The van der Waals surface area contributed by atoms with E-state index >= 15 is 0 Å². The summed E-state index contributed by atoms with van der Waals surface area (Å²) < 4.78 is 6.14. The lowest BCUT2D eigenvalue weighted by atomic mass is 9.61. The van der Waals surface area contributed by atoms with Gasteiger partial charge < -0.3 is 4.74 Å². The zero-order chi connectivity index (χ0) is 17.7. The third-order valence-electron chi connectivity index (χ3n) is 9.37. The van der Waals surface area contributed by atoms with Crippen LogP contribution in [0.2, 0.25) is 0 Å².